The van der Waals surface area contributed by atoms with E-state index in [1.54, 1.807) is 0 Å². The predicted molar refractivity (Wildman–Crippen MR) is 102 cm³/mol. The normalized spacial score (nSPS) is 16.9. The highest BCUT2D eigenvalue weighted by atomic mass is 16.2. The zero-order chi connectivity index (χ0) is 19.4. The molecule has 6 nitrogen and oxygen atoms in total. The smallest absolute Gasteiger partial charge is 0.333 e. The third-order valence-electron chi connectivity index (χ3n) is 4.55. The lowest BCUT2D eigenvalue weighted by Gasteiger charge is -2.22. The maximum atomic E-state index is 12.9. The second-order valence-electron chi connectivity index (χ2n) is 6.90. The Kier molecular flexibility index (Phi) is 5.54. The van der Waals surface area contributed by atoms with Crippen LogP contribution >= 0.6 is 0 Å². The molecule has 1 heterocycles. The van der Waals surface area contributed by atoms with Crippen LogP contribution in [-0.4, -0.2) is 33.8 Å². The molecule has 1 saturated heterocycles. The second kappa shape index (κ2) is 8.03. The van der Waals surface area contributed by atoms with Crippen LogP contribution in [0.4, 0.5) is 9.59 Å². The van der Waals surface area contributed by atoms with Crippen molar-refractivity contribution in [2.45, 2.75) is 33.0 Å². The Bertz CT molecular complexity index is 821. The number of urea groups is 2. The molecule has 1 aliphatic rings. The maximum Gasteiger partial charge on any atom is 0.335 e. The van der Waals surface area contributed by atoms with Crippen molar-refractivity contribution in [1.29, 1.82) is 0 Å². The Morgan fingerprint density at radius 2 is 1.52 bits per heavy atom. The van der Waals surface area contributed by atoms with Crippen molar-refractivity contribution in [3.63, 3.8) is 0 Å². The Labute approximate surface area is 158 Å². The van der Waals surface area contributed by atoms with Crippen LogP contribution < -0.4 is 5.32 Å². The molecule has 3 rings (SSSR count). The molecule has 1 atom stereocenters. The van der Waals surface area contributed by atoms with Crippen LogP contribution in [0, 0.1) is 5.92 Å². The van der Waals surface area contributed by atoms with Crippen LogP contribution in [0.1, 0.15) is 25.0 Å². The number of amides is 5. The Hall–Kier alpha value is -3.15. The van der Waals surface area contributed by atoms with Gasteiger partial charge in [0.2, 0.25) is 0 Å². The number of hydrogen-bond donors (Lipinski definition) is 1. The summed E-state index contributed by atoms with van der Waals surface area (Å²) >= 11 is 0. The van der Waals surface area contributed by atoms with E-state index in [1.165, 1.54) is 0 Å². The largest absolute Gasteiger partial charge is 0.335 e. The van der Waals surface area contributed by atoms with Crippen LogP contribution in [0.5, 0.6) is 0 Å². The molecule has 2 aromatic carbocycles. The first-order valence-corrected chi connectivity index (χ1v) is 8.99. The SMILES string of the molecule is CC(C)[C@H]1C(=O)N(Cc2ccccc2)C(=O)N1C(=O)NCc1ccccc1. The number of carbonyl (C=O) groups is 3. The highest BCUT2D eigenvalue weighted by Crippen LogP contribution is 2.25. The van der Waals surface area contributed by atoms with Crippen LogP contribution in [0.2, 0.25) is 0 Å². The summed E-state index contributed by atoms with van der Waals surface area (Å²) in [6.07, 6.45) is 0. The molecule has 1 aliphatic heterocycles. The summed E-state index contributed by atoms with van der Waals surface area (Å²) in [5.41, 5.74) is 1.76. The lowest BCUT2D eigenvalue weighted by atomic mass is 10.0. The fourth-order valence-corrected chi connectivity index (χ4v) is 3.18. The Balaban J connectivity index is 1.76. The van der Waals surface area contributed by atoms with E-state index in [2.05, 4.69) is 5.32 Å². The number of rotatable bonds is 5. The molecular formula is C21H23N3O3. The molecule has 0 bridgehead atoms. The third-order valence-corrected chi connectivity index (χ3v) is 4.55. The first kappa shape index (κ1) is 18.6. The molecule has 0 aromatic heterocycles. The molecule has 27 heavy (non-hydrogen) atoms. The molecule has 1 N–H and O–H groups in total. The summed E-state index contributed by atoms with van der Waals surface area (Å²) in [6.45, 7) is 4.12. The van der Waals surface area contributed by atoms with Gasteiger partial charge in [0.1, 0.15) is 6.04 Å². The van der Waals surface area contributed by atoms with Gasteiger partial charge < -0.3 is 5.32 Å². The zero-order valence-electron chi connectivity index (χ0n) is 15.5. The molecule has 0 saturated carbocycles. The van der Waals surface area contributed by atoms with Gasteiger partial charge in [-0.2, -0.15) is 0 Å². The Morgan fingerprint density at radius 3 is 2.07 bits per heavy atom. The van der Waals surface area contributed by atoms with E-state index in [9.17, 15) is 14.4 Å². The minimum atomic E-state index is -0.794. The number of nitrogens with one attached hydrogen (secondary N) is 1. The van der Waals surface area contributed by atoms with Crippen LogP contribution in [0.15, 0.2) is 60.7 Å². The first-order chi connectivity index (χ1) is 13.0. The highest BCUT2D eigenvalue weighted by Gasteiger charge is 2.49. The second-order valence-corrected chi connectivity index (χ2v) is 6.90. The minimum absolute atomic E-state index is 0.157. The van der Waals surface area contributed by atoms with E-state index in [1.807, 2.05) is 74.5 Å². The van der Waals surface area contributed by atoms with E-state index in [0.717, 1.165) is 20.9 Å². The van der Waals surface area contributed by atoms with Crippen molar-refractivity contribution in [3.8, 4) is 0 Å². The van der Waals surface area contributed by atoms with Gasteiger partial charge in [-0.15, -0.1) is 0 Å². The van der Waals surface area contributed by atoms with Gasteiger partial charge in [-0.1, -0.05) is 74.5 Å². The topological polar surface area (TPSA) is 69.7 Å². The summed E-state index contributed by atoms with van der Waals surface area (Å²) in [4.78, 5) is 40.6. The molecule has 0 radical (unpaired) electrons. The van der Waals surface area contributed by atoms with Gasteiger partial charge in [0.05, 0.1) is 6.54 Å². The number of hydrogen-bond acceptors (Lipinski definition) is 3. The quantitative estimate of drug-likeness (QED) is 0.826. The molecule has 6 heteroatoms. The molecule has 0 aliphatic carbocycles. The van der Waals surface area contributed by atoms with Crippen molar-refractivity contribution < 1.29 is 14.4 Å². The summed E-state index contributed by atoms with van der Waals surface area (Å²) < 4.78 is 0. The van der Waals surface area contributed by atoms with Crippen molar-refractivity contribution in [1.82, 2.24) is 15.1 Å². The maximum absolute atomic E-state index is 12.9. The van der Waals surface area contributed by atoms with Gasteiger partial charge in [-0.3, -0.25) is 9.69 Å². The van der Waals surface area contributed by atoms with Crippen molar-refractivity contribution in [2.75, 3.05) is 0 Å². The summed E-state index contributed by atoms with van der Waals surface area (Å²) in [7, 11) is 0. The predicted octanol–water partition coefficient (Wildman–Crippen LogP) is 3.39. The number of imide groups is 2. The van der Waals surface area contributed by atoms with Gasteiger partial charge in [-0.05, 0) is 17.0 Å². The zero-order valence-corrected chi connectivity index (χ0v) is 15.5. The standard InChI is InChI=1S/C21H23N3O3/c1-15(2)18-19(25)23(14-17-11-7-4-8-12-17)21(27)24(18)20(26)22-13-16-9-5-3-6-10-16/h3-12,15,18H,13-14H2,1-2H3,(H,22,26)/t18-/m0/s1. The number of carbonyl (C=O) groups excluding carboxylic acids is 3. The third kappa shape index (κ3) is 4.00. The molecule has 0 spiro atoms. The van der Waals surface area contributed by atoms with E-state index in [-0.39, 0.29) is 18.4 Å². The van der Waals surface area contributed by atoms with Gasteiger partial charge in [0, 0.05) is 6.54 Å². The Morgan fingerprint density at radius 1 is 0.963 bits per heavy atom. The molecule has 1 fully saturated rings. The van der Waals surface area contributed by atoms with E-state index >= 15 is 0 Å². The lowest BCUT2D eigenvalue weighted by molar-refractivity contribution is -0.129. The summed E-state index contributed by atoms with van der Waals surface area (Å²) in [5.74, 6) is -0.515. The molecular weight excluding hydrogens is 342 g/mol. The minimum Gasteiger partial charge on any atom is -0.333 e. The monoisotopic (exact) mass is 365 g/mol. The van der Waals surface area contributed by atoms with Gasteiger partial charge >= 0.3 is 12.1 Å². The summed E-state index contributed by atoms with van der Waals surface area (Å²) in [6, 6.07) is 16.8. The van der Waals surface area contributed by atoms with Gasteiger partial charge in [-0.25, -0.2) is 14.5 Å². The fourth-order valence-electron chi connectivity index (χ4n) is 3.18. The first-order valence-electron chi connectivity index (χ1n) is 8.99. The molecule has 0 unspecified atom stereocenters. The fraction of sp³-hybridized carbons (Fsp3) is 0.286. The van der Waals surface area contributed by atoms with Crippen LogP contribution in [-0.2, 0) is 17.9 Å². The molecule has 2 aromatic rings. The summed E-state index contributed by atoms with van der Waals surface area (Å²) in [5, 5.41) is 2.75. The molecule has 5 amide bonds. The van der Waals surface area contributed by atoms with Crippen molar-refractivity contribution >= 4 is 18.0 Å². The van der Waals surface area contributed by atoms with E-state index in [0.29, 0.717) is 6.54 Å². The van der Waals surface area contributed by atoms with Crippen LogP contribution in [0.3, 0.4) is 0 Å². The van der Waals surface area contributed by atoms with Gasteiger partial charge in [0.25, 0.3) is 5.91 Å². The van der Waals surface area contributed by atoms with E-state index in [4.69, 9.17) is 0 Å². The van der Waals surface area contributed by atoms with Crippen LogP contribution in [0.25, 0.3) is 0 Å². The van der Waals surface area contributed by atoms with Crippen molar-refractivity contribution in [2.24, 2.45) is 5.92 Å². The van der Waals surface area contributed by atoms with Crippen molar-refractivity contribution in [3.05, 3.63) is 71.8 Å². The number of nitrogens with zero attached hydrogens (tertiary/aromatic N) is 2. The highest BCUT2D eigenvalue weighted by molar-refractivity contribution is 6.11. The van der Waals surface area contributed by atoms with Gasteiger partial charge in [0.15, 0.2) is 0 Å². The molecule has 140 valence electrons. The average Bonchev–Trinajstić information content (AvgIpc) is 2.92. The number of benzene rings is 2. The van der Waals surface area contributed by atoms with E-state index < -0.39 is 18.1 Å². The average molecular weight is 365 g/mol. The lowest BCUT2D eigenvalue weighted by Crippen LogP contribution is -2.48.